The molecule has 1 aliphatic heterocycles. The highest BCUT2D eigenvalue weighted by Crippen LogP contribution is 2.28. The maximum atomic E-state index is 13.9. The van der Waals surface area contributed by atoms with Gasteiger partial charge >= 0.3 is 5.97 Å². The van der Waals surface area contributed by atoms with Crippen LogP contribution in [0, 0.1) is 11.7 Å². The van der Waals surface area contributed by atoms with Crippen molar-refractivity contribution >= 4 is 33.9 Å². The molecule has 27 heavy (non-hydrogen) atoms. The molecule has 0 unspecified atom stereocenters. The Bertz CT molecular complexity index is 1090. The molecule has 1 amide bonds. The Morgan fingerprint density at radius 1 is 1.33 bits per heavy atom. The molecule has 7 nitrogen and oxygen atoms in total. The molecule has 138 valence electrons. The molecule has 3 aromatic rings. The number of hydrogen-bond donors (Lipinski definition) is 0. The van der Waals surface area contributed by atoms with Crippen LogP contribution in [0.1, 0.15) is 12.1 Å². The number of benzene rings is 1. The van der Waals surface area contributed by atoms with E-state index in [1.165, 1.54) is 44.9 Å². The second kappa shape index (κ2) is 6.92. The minimum absolute atomic E-state index is 0.0484. The molecule has 1 aromatic carbocycles. The predicted molar refractivity (Wildman–Crippen MR) is 96.0 cm³/mol. The van der Waals surface area contributed by atoms with Crippen LogP contribution in [0.25, 0.3) is 4.96 Å². The molecule has 9 heteroatoms. The largest absolute Gasteiger partial charge is 0.459 e. The van der Waals surface area contributed by atoms with E-state index in [-0.39, 0.29) is 36.7 Å². The molecule has 0 spiro atoms. The maximum absolute atomic E-state index is 13.9. The molecule has 0 radical (unpaired) electrons. The Hall–Kier alpha value is -3.07. The Kier molecular flexibility index (Phi) is 4.44. The summed E-state index contributed by atoms with van der Waals surface area (Å²) in [6, 6.07) is 7.22. The number of carbonyl (C=O) groups is 2. The van der Waals surface area contributed by atoms with E-state index in [0.717, 1.165) is 0 Å². The lowest BCUT2D eigenvalue weighted by Gasteiger charge is -2.17. The molecular weight excluding hydrogens is 373 g/mol. The van der Waals surface area contributed by atoms with Gasteiger partial charge in [-0.3, -0.25) is 18.8 Å². The summed E-state index contributed by atoms with van der Waals surface area (Å²) in [5, 5.41) is 1.74. The number of para-hydroxylation sites is 1. The number of nitrogens with zero attached hydrogens (tertiary/aromatic N) is 3. The molecule has 1 saturated heterocycles. The van der Waals surface area contributed by atoms with E-state index in [1.807, 2.05) is 0 Å². The lowest BCUT2D eigenvalue weighted by Crippen LogP contribution is -2.27. The molecule has 3 heterocycles. The standard InChI is InChI=1S/C18H14FN3O4S/c19-13-3-1-2-4-14(13)22-9-11(7-15(22)23)17(25)26-10-12-8-16(24)21-5-6-27-18(21)20-12/h1-6,8,11H,7,9-10H2/t11-/m1/s1. The summed E-state index contributed by atoms with van der Waals surface area (Å²) in [5.41, 5.74) is 0.232. The van der Waals surface area contributed by atoms with Crippen LogP contribution < -0.4 is 10.5 Å². The smallest absolute Gasteiger partial charge is 0.311 e. The summed E-state index contributed by atoms with van der Waals surface area (Å²) in [6.45, 7) is -0.106. The Labute approximate surface area is 156 Å². The number of fused-ring (bicyclic) bond motifs is 1. The average molecular weight is 387 g/mol. The molecule has 1 fully saturated rings. The number of carbonyl (C=O) groups excluding carboxylic acids is 2. The topological polar surface area (TPSA) is 81.0 Å². The molecule has 0 aliphatic carbocycles. The van der Waals surface area contributed by atoms with Crippen molar-refractivity contribution in [2.75, 3.05) is 11.4 Å². The number of amides is 1. The fraction of sp³-hybridized carbons (Fsp3) is 0.222. The van der Waals surface area contributed by atoms with E-state index in [2.05, 4.69) is 4.98 Å². The van der Waals surface area contributed by atoms with E-state index in [1.54, 1.807) is 17.6 Å². The van der Waals surface area contributed by atoms with Gasteiger partial charge in [0.2, 0.25) is 5.91 Å². The fourth-order valence-electron chi connectivity index (χ4n) is 2.99. The van der Waals surface area contributed by atoms with Crippen LogP contribution in [-0.4, -0.2) is 27.8 Å². The van der Waals surface area contributed by atoms with Crippen LogP contribution in [0.4, 0.5) is 10.1 Å². The van der Waals surface area contributed by atoms with Gasteiger partial charge in [-0.15, -0.1) is 11.3 Å². The average Bonchev–Trinajstić information content (AvgIpc) is 3.27. The third kappa shape index (κ3) is 3.33. The first-order chi connectivity index (χ1) is 13.0. The van der Waals surface area contributed by atoms with Crippen molar-refractivity contribution in [2.45, 2.75) is 13.0 Å². The zero-order valence-electron chi connectivity index (χ0n) is 14.0. The van der Waals surface area contributed by atoms with E-state index < -0.39 is 17.7 Å². The zero-order chi connectivity index (χ0) is 19.0. The first kappa shape index (κ1) is 17.3. The Morgan fingerprint density at radius 3 is 2.96 bits per heavy atom. The van der Waals surface area contributed by atoms with Gasteiger partial charge in [0.05, 0.1) is 17.3 Å². The monoisotopic (exact) mass is 387 g/mol. The van der Waals surface area contributed by atoms with Crippen molar-refractivity contribution < 1.29 is 18.7 Å². The van der Waals surface area contributed by atoms with Crippen LogP contribution in [0.3, 0.4) is 0 Å². The quantitative estimate of drug-likeness (QED) is 0.640. The fourth-order valence-corrected chi connectivity index (χ4v) is 3.73. The molecule has 0 N–H and O–H groups in total. The first-order valence-corrected chi connectivity index (χ1v) is 9.08. The van der Waals surface area contributed by atoms with Crippen molar-refractivity contribution in [3.05, 3.63) is 63.8 Å². The van der Waals surface area contributed by atoms with Crippen molar-refractivity contribution in [1.82, 2.24) is 9.38 Å². The highest BCUT2D eigenvalue weighted by molar-refractivity contribution is 7.15. The third-order valence-corrected chi connectivity index (χ3v) is 5.08. The number of aromatic nitrogens is 2. The van der Waals surface area contributed by atoms with Crippen molar-refractivity contribution in [3.8, 4) is 0 Å². The number of thiazole rings is 1. The maximum Gasteiger partial charge on any atom is 0.311 e. The number of rotatable bonds is 4. The summed E-state index contributed by atoms with van der Waals surface area (Å²) >= 11 is 1.30. The van der Waals surface area contributed by atoms with E-state index in [4.69, 9.17) is 4.74 Å². The van der Waals surface area contributed by atoms with E-state index in [9.17, 15) is 18.8 Å². The van der Waals surface area contributed by atoms with Gasteiger partial charge in [-0.05, 0) is 12.1 Å². The molecule has 1 aliphatic rings. The second-order valence-electron chi connectivity index (χ2n) is 6.11. The number of halogens is 1. The minimum Gasteiger partial charge on any atom is -0.459 e. The van der Waals surface area contributed by atoms with Crippen LogP contribution in [-0.2, 0) is 20.9 Å². The number of anilines is 1. The van der Waals surface area contributed by atoms with Crippen LogP contribution in [0.15, 0.2) is 46.7 Å². The molecular formula is C18H14FN3O4S. The second-order valence-corrected chi connectivity index (χ2v) is 6.98. The van der Waals surface area contributed by atoms with Crippen LogP contribution in [0.5, 0.6) is 0 Å². The third-order valence-electron chi connectivity index (χ3n) is 4.32. The van der Waals surface area contributed by atoms with Gasteiger partial charge in [0.25, 0.3) is 5.56 Å². The summed E-state index contributed by atoms with van der Waals surface area (Å²) in [4.78, 5) is 42.5. The highest BCUT2D eigenvalue weighted by Gasteiger charge is 2.37. The molecule has 4 rings (SSSR count). The van der Waals surface area contributed by atoms with E-state index >= 15 is 0 Å². The van der Waals surface area contributed by atoms with Gasteiger partial charge in [0.15, 0.2) is 4.96 Å². The van der Waals surface area contributed by atoms with Crippen LogP contribution >= 0.6 is 11.3 Å². The van der Waals surface area contributed by atoms with Crippen molar-refractivity contribution in [2.24, 2.45) is 5.92 Å². The molecule has 0 bridgehead atoms. The summed E-state index contributed by atoms with van der Waals surface area (Å²) in [5.74, 6) is -2.12. The van der Waals surface area contributed by atoms with Gasteiger partial charge in [0.1, 0.15) is 12.4 Å². The van der Waals surface area contributed by atoms with Gasteiger partial charge in [-0.25, -0.2) is 9.37 Å². The molecule has 2 aromatic heterocycles. The normalized spacial score (nSPS) is 16.9. The van der Waals surface area contributed by atoms with Crippen LogP contribution in [0.2, 0.25) is 0 Å². The SMILES string of the molecule is O=C(OCc1cc(=O)n2ccsc2n1)[C@@H]1CC(=O)N(c2ccccc2F)C1. The van der Waals surface area contributed by atoms with Crippen molar-refractivity contribution in [1.29, 1.82) is 0 Å². The van der Waals surface area contributed by atoms with Gasteiger partial charge < -0.3 is 9.64 Å². The van der Waals surface area contributed by atoms with Gasteiger partial charge in [-0.2, -0.15) is 0 Å². The summed E-state index contributed by atoms with van der Waals surface area (Å²) in [6.07, 6.45) is 1.57. The number of ether oxygens (including phenoxy) is 1. The van der Waals surface area contributed by atoms with E-state index in [0.29, 0.717) is 10.7 Å². The minimum atomic E-state index is -0.691. The van der Waals surface area contributed by atoms with Gasteiger partial charge in [-0.1, -0.05) is 12.1 Å². The summed E-state index contributed by atoms with van der Waals surface area (Å²) in [7, 11) is 0. The predicted octanol–water partition coefficient (Wildman–Crippen LogP) is 1.99. The number of esters is 1. The number of hydrogen-bond acceptors (Lipinski definition) is 6. The van der Waals surface area contributed by atoms with Crippen molar-refractivity contribution in [3.63, 3.8) is 0 Å². The lowest BCUT2D eigenvalue weighted by atomic mass is 10.1. The molecule has 0 saturated carbocycles. The first-order valence-electron chi connectivity index (χ1n) is 8.20. The molecule has 1 atom stereocenters. The van der Waals surface area contributed by atoms with Gasteiger partial charge in [0, 0.05) is 30.6 Å². The highest BCUT2D eigenvalue weighted by atomic mass is 32.1. The lowest BCUT2D eigenvalue weighted by molar-refractivity contribution is -0.149. The summed E-state index contributed by atoms with van der Waals surface area (Å²) < 4.78 is 20.5. The Morgan fingerprint density at radius 2 is 2.15 bits per heavy atom. The zero-order valence-corrected chi connectivity index (χ0v) is 14.8. The Balaban J connectivity index is 1.43.